The van der Waals surface area contributed by atoms with Crippen LogP contribution in [-0.4, -0.2) is 47.8 Å². The normalized spacial score (nSPS) is 19.2. The van der Waals surface area contributed by atoms with E-state index in [4.69, 9.17) is 11.6 Å². The Balaban J connectivity index is 2.06. The summed E-state index contributed by atoms with van der Waals surface area (Å²) in [6.45, 7) is 13.7. The van der Waals surface area contributed by atoms with Gasteiger partial charge in [0.25, 0.3) is 5.91 Å². The highest BCUT2D eigenvalue weighted by molar-refractivity contribution is 6.30. The molecule has 196 valence electrons. The summed E-state index contributed by atoms with van der Waals surface area (Å²) in [5, 5.41) is 3.44. The van der Waals surface area contributed by atoms with Gasteiger partial charge in [-0.15, -0.1) is 11.6 Å². The Morgan fingerprint density at radius 3 is 2.25 bits per heavy atom. The lowest BCUT2D eigenvalue weighted by molar-refractivity contribution is -0.136. The zero-order chi connectivity index (χ0) is 26.6. The Hall–Kier alpha value is -2.44. The van der Waals surface area contributed by atoms with Crippen molar-refractivity contribution in [3.05, 3.63) is 65.0 Å². The van der Waals surface area contributed by atoms with Crippen molar-refractivity contribution < 1.29 is 14.0 Å². The van der Waals surface area contributed by atoms with Crippen molar-refractivity contribution in [1.29, 1.82) is 0 Å². The molecule has 3 atom stereocenters. The molecule has 1 aliphatic rings. The molecule has 5 nitrogen and oxygen atoms in total. The van der Waals surface area contributed by atoms with Gasteiger partial charge < -0.3 is 10.2 Å². The molecule has 0 radical (unpaired) electrons. The molecule has 1 heterocycles. The Bertz CT molecular complexity index is 1060. The van der Waals surface area contributed by atoms with Crippen LogP contribution in [0.3, 0.4) is 0 Å². The Morgan fingerprint density at radius 2 is 1.72 bits per heavy atom. The fraction of sp³-hybridized carbons (Fsp3) is 0.517. The van der Waals surface area contributed by atoms with Gasteiger partial charge in [0.15, 0.2) is 0 Å². The van der Waals surface area contributed by atoms with Gasteiger partial charge >= 0.3 is 0 Å². The van der Waals surface area contributed by atoms with Crippen LogP contribution >= 0.6 is 11.6 Å². The largest absolute Gasteiger partial charge is 0.337 e. The number of hydrogen-bond acceptors (Lipinski definition) is 3. The van der Waals surface area contributed by atoms with E-state index in [9.17, 15) is 14.0 Å². The van der Waals surface area contributed by atoms with Crippen LogP contribution < -0.4 is 10.2 Å². The number of piperazine rings is 1. The zero-order valence-corrected chi connectivity index (χ0v) is 23.0. The molecule has 0 bridgehead atoms. The van der Waals surface area contributed by atoms with Gasteiger partial charge in [-0.1, -0.05) is 45.0 Å². The van der Waals surface area contributed by atoms with E-state index in [0.29, 0.717) is 24.3 Å². The van der Waals surface area contributed by atoms with E-state index in [0.717, 1.165) is 18.4 Å². The van der Waals surface area contributed by atoms with E-state index in [1.54, 1.807) is 17.0 Å². The number of amides is 2. The third-order valence-electron chi connectivity index (χ3n) is 6.61. The first-order valence-electron chi connectivity index (χ1n) is 12.7. The summed E-state index contributed by atoms with van der Waals surface area (Å²) < 4.78 is 13.8. The molecule has 2 aromatic rings. The maximum atomic E-state index is 14.1. The van der Waals surface area contributed by atoms with Gasteiger partial charge in [0, 0.05) is 30.9 Å². The van der Waals surface area contributed by atoms with Crippen LogP contribution in [0.15, 0.2) is 42.5 Å². The third-order valence-corrected chi connectivity index (χ3v) is 6.84. The minimum absolute atomic E-state index is 0.118. The van der Waals surface area contributed by atoms with Crippen LogP contribution in [0.25, 0.3) is 0 Å². The van der Waals surface area contributed by atoms with E-state index < -0.39 is 11.9 Å². The van der Waals surface area contributed by atoms with Crippen LogP contribution in [0, 0.1) is 18.2 Å². The first kappa shape index (κ1) is 28.1. The van der Waals surface area contributed by atoms with Crippen molar-refractivity contribution in [2.75, 3.05) is 23.9 Å². The van der Waals surface area contributed by atoms with Gasteiger partial charge in [-0.2, -0.15) is 0 Å². The highest BCUT2D eigenvalue weighted by atomic mass is 35.5. The van der Waals surface area contributed by atoms with Crippen molar-refractivity contribution in [3.8, 4) is 0 Å². The highest BCUT2D eigenvalue weighted by Crippen LogP contribution is 2.34. The summed E-state index contributed by atoms with van der Waals surface area (Å²) in [7, 11) is 0. The van der Waals surface area contributed by atoms with Crippen molar-refractivity contribution in [1.82, 2.24) is 10.2 Å². The van der Waals surface area contributed by atoms with Gasteiger partial charge in [-0.05, 0) is 73.9 Å². The summed E-state index contributed by atoms with van der Waals surface area (Å²) in [4.78, 5) is 30.7. The molecule has 0 aliphatic carbocycles. The lowest BCUT2D eigenvalue weighted by Crippen LogP contribution is -2.58. The van der Waals surface area contributed by atoms with Crippen molar-refractivity contribution in [2.24, 2.45) is 5.41 Å². The van der Waals surface area contributed by atoms with E-state index in [2.05, 4.69) is 32.2 Å². The number of aryl methyl sites for hydroxylation is 2. The van der Waals surface area contributed by atoms with Crippen molar-refractivity contribution >= 4 is 29.1 Å². The Morgan fingerprint density at radius 1 is 1.11 bits per heavy atom. The molecule has 7 heteroatoms. The number of nitrogens with one attached hydrogen (secondary N) is 1. The minimum atomic E-state index is -0.950. The molecule has 2 amide bonds. The van der Waals surface area contributed by atoms with Gasteiger partial charge in [0.1, 0.15) is 17.7 Å². The topological polar surface area (TPSA) is 52.7 Å². The summed E-state index contributed by atoms with van der Waals surface area (Å²) >= 11 is 6.09. The molecule has 36 heavy (non-hydrogen) atoms. The summed E-state index contributed by atoms with van der Waals surface area (Å²) in [6.07, 6.45) is 1.96. The fourth-order valence-corrected chi connectivity index (χ4v) is 5.00. The van der Waals surface area contributed by atoms with Crippen LogP contribution in [0.5, 0.6) is 0 Å². The predicted molar refractivity (Wildman–Crippen MR) is 145 cm³/mol. The second kappa shape index (κ2) is 11.7. The van der Waals surface area contributed by atoms with Gasteiger partial charge in [0.05, 0.1) is 0 Å². The van der Waals surface area contributed by atoms with E-state index in [1.807, 2.05) is 32.9 Å². The monoisotopic (exact) mass is 515 g/mol. The molecule has 0 saturated carbocycles. The third kappa shape index (κ3) is 7.07. The number of nitrogens with zero attached hydrogens (tertiary/aromatic N) is 2. The maximum absolute atomic E-state index is 14.1. The molecular formula is C29H39ClFN3O2. The summed E-state index contributed by atoms with van der Waals surface area (Å²) in [6, 6.07) is 11.1. The van der Waals surface area contributed by atoms with Crippen LogP contribution in [-0.2, 0) is 16.0 Å². The van der Waals surface area contributed by atoms with Gasteiger partial charge in [0.2, 0.25) is 5.91 Å². The first-order valence-corrected chi connectivity index (χ1v) is 13.2. The first-order chi connectivity index (χ1) is 16.9. The van der Waals surface area contributed by atoms with Gasteiger partial charge in [-0.3, -0.25) is 14.5 Å². The molecule has 1 fully saturated rings. The molecule has 3 unspecified atom stereocenters. The predicted octanol–water partition coefficient (Wildman–Crippen LogP) is 5.63. The number of carbonyl (C=O) groups excluding carboxylic acids is 2. The number of benzene rings is 2. The Labute approximate surface area is 220 Å². The zero-order valence-electron chi connectivity index (χ0n) is 22.3. The second-order valence-electron chi connectivity index (χ2n) is 11.2. The van der Waals surface area contributed by atoms with Crippen LogP contribution in [0.4, 0.5) is 10.1 Å². The molecule has 1 saturated heterocycles. The average Bonchev–Trinajstić information content (AvgIpc) is 2.80. The maximum Gasteiger partial charge on any atom is 0.250 e. The number of alkyl halides is 1. The van der Waals surface area contributed by atoms with E-state index >= 15 is 0 Å². The summed E-state index contributed by atoms with van der Waals surface area (Å²) in [5.74, 6) is -1.24. The van der Waals surface area contributed by atoms with E-state index in [1.165, 1.54) is 22.6 Å². The minimum Gasteiger partial charge on any atom is -0.337 e. The molecule has 0 aromatic heterocycles. The second-order valence-corrected chi connectivity index (χ2v) is 11.5. The smallest absolute Gasteiger partial charge is 0.250 e. The van der Waals surface area contributed by atoms with Gasteiger partial charge in [-0.25, -0.2) is 4.39 Å². The lowest BCUT2D eigenvalue weighted by Gasteiger charge is -2.40. The average molecular weight is 516 g/mol. The molecule has 3 rings (SSSR count). The standard InChI is InChI=1S/C29H39ClFN3O2/c1-19-15-22(13-14-29(4,5)6)7-12-25(19)34(26(35)16-30)27(23-8-10-24(31)11-9-23)28(36)33-17-20(2)32-21(3)18-33/h7-12,15,20-21,27,32H,13-14,16-18H2,1-6H3. The number of carbonyl (C=O) groups is 2. The van der Waals surface area contributed by atoms with Crippen molar-refractivity contribution in [3.63, 3.8) is 0 Å². The fourth-order valence-electron chi connectivity index (χ4n) is 4.87. The highest BCUT2D eigenvalue weighted by Gasteiger charge is 2.38. The summed E-state index contributed by atoms with van der Waals surface area (Å²) in [5.41, 5.74) is 3.47. The molecular weight excluding hydrogens is 477 g/mol. The lowest BCUT2D eigenvalue weighted by atomic mass is 9.88. The molecule has 1 aliphatic heterocycles. The SMILES string of the molecule is Cc1cc(CCC(C)(C)C)ccc1N(C(=O)CCl)C(C(=O)N1CC(C)NC(C)C1)c1ccc(F)cc1. The molecule has 0 spiro atoms. The number of halogens is 2. The quantitative estimate of drug-likeness (QED) is 0.486. The number of hydrogen-bond donors (Lipinski definition) is 1. The molecule has 1 N–H and O–H groups in total. The number of anilines is 1. The molecule has 2 aromatic carbocycles. The van der Waals surface area contributed by atoms with Crippen LogP contribution in [0.2, 0.25) is 0 Å². The van der Waals surface area contributed by atoms with Crippen LogP contribution in [0.1, 0.15) is 63.8 Å². The van der Waals surface area contributed by atoms with E-state index in [-0.39, 0.29) is 35.2 Å². The number of rotatable bonds is 7. The Kier molecular flexibility index (Phi) is 9.18. The van der Waals surface area contributed by atoms with Crippen molar-refractivity contribution in [2.45, 2.75) is 72.5 Å².